The highest BCUT2D eigenvalue weighted by Gasteiger charge is 2.00. The molecule has 0 spiro atoms. The molecule has 0 saturated carbocycles. The van der Waals surface area contributed by atoms with Crippen molar-refractivity contribution in [1.29, 1.82) is 0 Å². The van der Waals surface area contributed by atoms with Crippen LogP contribution in [-0.2, 0) is 6.54 Å². The minimum atomic E-state index is 0.894. The number of hydrogen-bond acceptors (Lipinski definition) is 3. The molecule has 0 saturated heterocycles. The summed E-state index contributed by atoms with van der Waals surface area (Å²) in [5, 5.41) is 4.27. The number of hydrogen-bond donors (Lipinski definition) is 1. The summed E-state index contributed by atoms with van der Waals surface area (Å²) >= 11 is 1.80. The molecule has 0 amide bonds. The third kappa shape index (κ3) is 3.01. The molecule has 0 unspecified atom stereocenters. The Labute approximate surface area is 84.1 Å². The highest BCUT2D eigenvalue weighted by molar-refractivity contribution is 7.99. The SMILES string of the molecule is CCSc1ncc(CNC)cc1C. The lowest BCUT2D eigenvalue weighted by Gasteiger charge is -2.05. The third-order valence-corrected chi connectivity index (χ3v) is 2.74. The third-order valence-electron chi connectivity index (χ3n) is 1.75. The zero-order chi connectivity index (χ0) is 9.68. The van der Waals surface area contributed by atoms with Crippen molar-refractivity contribution in [3.63, 3.8) is 0 Å². The van der Waals surface area contributed by atoms with Crippen LogP contribution in [0, 0.1) is 6.92 Å². The summed E-state index contributed by atoms with van der Waals surface area (Å²) < 4.78 is 0. The first-order chi connectivity index (χ1) is 6.27. The highest BCUT2D eigenvalue weighted by Crippen LogP contribution is 2.19. The molecule has 0 radical (unpaired) electrons. The molecule has 0 aliphatic rings. The molecule has 13 heavy (non-hydrogen) atoms. The maximum atomic E-state index is 4.41. The Morgan fingerprint density at radius 1 is 1.54 bits per heavy atom. The second-order valence-corrected chi connectivity index (χ2v) is 4.18. The maximum Gasteiger partial charge on any atom is 0.0989 e. The monoisotopic (exact) mass is 196 g/mol. The van der Waals surface area contributed by atoms with Gasteiger partial charge in [0.15, 0.2) is 0 Å². The van der Waals surface area contributed by atoms with E-state index in [0.717, 1.165) is 17.3 Å². The Bertz CT molecular complexity index is 274. The molecule has 3 heteroatoms. The number of nitrogens with one attached hydrogen (secondary N) is 1. The standard InChI is InChI=1S/C10H16N2S/c1-4-13-10-8(2)5-9(6-11-3)7-12-10/h5,7,11H,4,6H2,1-3H3. The Hall–Kier alpha value is -0.540. The normalized spacial score (nSPS) is 10.4. The van der Waals surface area contributed by atoms with Gasteiger partial charge < -0.3 is 5.32 Å². The Balaban J connectivity index is 2.79. The van der Waals surface area contributed by atoms with Gasteiger partial charge in [-0.1, -0.05) is 13.0 Å². The molecule has 0 aromatic carbocycles. The summed E-state index contributed by atoms with van der Waals surface area (Å²) in [6.07, 6.45) is 1.95. The van der Waals surface area contributed by atoms with Gasteiger partial charge in [-0.2, -0.15) is 0 Å². The smallest absolute Gasteiger partial charge is 0.0989 e. The van der Waals surface area contributed by atoms with Crippen LogP contribution in [0.1, 0.15) is 18.1 Å². The molecule has 1 aromatic heterocycles. The second kappa shape index (κ2) is 5.25. The van der Waals surface area contributed by atoms with E-state index in [-0.39, 0.29) is 0 Å². The van der Waals surface area contributed by atoms with Crippen molar-refractivity contribution in [2.45, 2.75) is 25.4 Å². The average Bonchev–Trinajstić information content (AvgIpc) is 2.10. The van der Waals surface area contributed by atoms with Crippen molar-refractivity contribution in [2.24, 2.45) is 0 Å². The molecular weight excluding hydrogens is 180 g/mol. The van der Waals surface area contributed by atoms with E-state index < -0.39 is 0 Å². The molecule has 1 rings (SSSR count). The van der Waals surface area contributed by atoms with Crippen LogP contribution in [0.4, 0.5) is 0 Å². The van der Waals surface area contributed by atoms with Crippen LogP contribution in [0.2, 0.25) is 0 Å². The Morgan fingerprint density at radius 3 is 2.85 bits per heavy atom. The van der Waals surface area contributed by atoms with Gasteiger partial charge in [-0.05, 0) is 30.9 Å². The van der Waals surface area contributed by atoms with Gasteiger partial charge in [0.05, 0.1) is 5.03 Å². The molecule has 2 nitrogen and oxygen atoms in total. The van der Waals surface area contributed by atoms with E-state index in [1.807, 2.05) is 13.2 Å². The number of pyridine rings is 1. The Morgan fingerprint density at radius 2 is 2.31 bits per heavy atom. The van der Waals surface area contributed by atoms with E-state index in [4.69, 9.17) is 0 Å². The molecule has 0 aliphatic carbocycles. The summed E-state index contributed by atoms with van der Waals surface area (Å²) in [5.41, 5.74) is 2.53. The van der Waals surface area contributed by atoms with Crippen LogP contribution in [0.3, 0.4) is 0 Å². The fourth-order valence-electron chi connectivity index (χ4n) is 1.21. The molecule has 1 N–H and O–H groups in total. The Kier molecular flexibility index (Phi) is 4.25. The average molecular weight is 196 g/mol. The first kappa shape index (κ1) is 10.5. The highest BCUT2D eigenvalue weighted by atomic mass is 32.2. The minimum absolute atomic E-state index is 0.894. The van der Waals surface area contributed by atoms with Crippen molar-refractivity contribution < 1.29 is 0 Å². The fourth-order valence-corrected chi connectivity index (χ4v) is 1.90. The quantitative estimate of drug-likeness (QED) is 0.747. The number of thioether (sulfide) groups is 1. The summed E-state index contributed by atoms with van der Waals surface area (Å²) in [6.45, 7) is 5.16. The van der Waals surface area contributed by atoms with Crippen LogP contribution in [0.25, 0.3) is 0 Å². The second-order valence-electron chi connectivity index (χ2n) is 2.93. The van der Waals surface area contributed by atoms with Crippen LogP contribution in [0.15, 0.2) is 17.3 Å². The predicted octanol–water partition coefficient (Wildman–Crippen LogP) is 2.22. The molecule has 0 atom stereocenters. The van der Waals surface area contributed by atoms with Gasteiger partial charge in [-0.3, -0.25) is 0 Å². The van der Waals surface area contributed by atoms with Crippen molar-refractivity contribution in [1.82, 2.24) is 10.3 Å². The topological polar surface area (TPSA) is 24.9 Å². The van der Waals surface area contributed by atoms with Crippen molar-refractivity contribution in [2.75, 3.05) is 12.8 Å². The fraction of sp³-hybridized carbons (Fsp3) is 0.500. The van der Waals surface area contributed by atoms with Gasteiger partial charge >= 0.3 is 0 Å². The maximum absolute atomic E-state index is 4.41. The van der Waals surface area contributed by atoms with Crippen LogP contribution in [-0.4, -0.2) is 17.8 Å². The number of aryl methyl sites for hydroxylation is 1. The van der Waals surface area contributed by atoms with E-state index in [9.17, 15) is 0 Å². The summed E-state index contributed by atoms with van der Waals surface area (Å²) in [5.74, 6) is 1.08. The first-order valence-electron chi connectivity index (χ1n) is 4.50. The summed E-state index contributed by atoms with van der Waals surface area (Å²) in [7, 11) is 1.95. The van der Waals surface area contributed by atoms with E-state index in [2.05, 4.69) is 30.2 Å². The number of nitrogens with zero attached hydrogens (tertiary/aromatic N) is 1. The molecule has 1 heterocycles. The van der Waals surface area contributed by atoms with Crippen molar-refractivity contribution in [3.8, 4) is 0 Å². The molecule has 0 bridgehead atoms. The molecule has 0 fully saturated rings. The summed E-state index contributed by atoms with van der Waals surface area (Å²) in [4.78, 5) is 4.41. The zero-order valence-corrected chi connectivity index (χ0v) is 9.24. The largest absolute Gasteiger partial charge is 0.316 e. The van der Waals surface area contributed by atoms with Crippen molar-refractivity contribution in [3.05, 3.63) is 23.4 Å². The number of rotatable bonds is 4. The summed E-state index contributed by atoms with van der Waals surface area (Å²) in [6, 6.07) is 2.20. The number of aromatic nitrogens is 1. The first-order valence-corrected chi connectivity index (χ1v) is 5.49. The van der Waals surface area contributed by atoms with E-state index >= 15 is 0 Å². The molecule has 1 aromatic rings. The lowest BCUT2D eigenvalue weighted by Crippen LogP contribution is -2.05. The predicted molar refractivity (Wildman–Crippen MR) is 58.1 cm³/mol. The lowest BCUT2D eigenvalue weighted by atomic mass is 10.2. The molecule has 72 valence electrons. The van der Waals surface area contributed by atoms with Gasteiger partial charge in [-0.15, -0.1) is 11.8 Å². The zero-order valence-electron chi connectivity index (χ0n) is 8.42. The van der Waals surface area contributed by atoms with E-state index in [0.29, 0.717) is 0 Å². The van der Waals surface area contributed by atoms with Gasteiger partial charge in [0, 0.05) is 12.7 Å². The minimum Gasteiger partial charge on any atom is -0.316 e. The van der Waals surface area contributed by atoms with Crippen LogP contribution >= 0.6 is 11.8 Å². The van der Waals surface area contributed by atoms with E-state index in [1.54, 1.807) is 11.8 Å². The van der Waals surface area contributed by atoms with Gasteiger partial charge in [0.1, 0.15) is 0 Å². The molecule has 0 aliphatic heterocycles. The van der Waals surface area contributed by atoms with Gasteiger partial charge in [0.25, 0.3) is 0 Å². The van der Waals surface area contributed by atoms with Gasteiger partial charge in [0.2, 0.25) is 0 Å². The van der Waals surface area contributed by atoms with Crippen LogP contribution < -0.4 is 5.32 Å². The lowest BCUT2D eigenvalue weighted by molar-refractivity contribution is 0.807. The van der Waals surface area contributed by atoms with Crippen molar-refractivity contribution >= 4 is 11.8 Å². The molecular formula is C10H16N2S. The van der Waals surface area contributed by atoms with Gasteiger partial charge in [-0.25, -0.2) is 4.98 Å². The van der Waals surface area contributed by atoms with Crippen LogP contribution in [0.5, 0.6) is 0 Å². The van der Waals surface area contributed by atoms with E-state index in [1.165, 1.54) is 11.1 Å².